The predicted octanol–water partition coefficient (Wildman–Crippen LogP) is 7.91. The summed E-state index contributed by atoms with van der Waals surface area (Å²) in [6, 6.07) is 17.8. The van der Waals surface area contributed by atoms with Crippen molar-refractivity contribution in [3.63, 3.8) is 0 Å². The van der Waals surface area contributed by atoms with E-state index in [1.54, 1.807) is 6.08 Å². The molecule has 5 nitrogen and oxygen atoms in total. The Balaban J connectivity index is 1.29. The fourth-order valence-corrected chi connectivity index (χ4v) is 6.23. The number of aromatic nitrogens is 1. The number of alkyl halides is 3. The molecule has 8 heteroatoms. The van der Waals surface area contributed by atoms with Crippen LogP contribution in [0.4, 0.5) is 24.5 Å². The molecule has 5 rings (SSSR count). The lowest BCUT2D eigenvalue weighted by atomic mass is 9.99. The maximum absolute atomic E-state index is 13.6. The van der Waals surface area contributed by atoms with E-state index in [1.165, 1.54) is 43.9 Å². The summed E-state index contributed by atoms with van der Waals surface area (Å²) in [7, 11) is 0. The maximum atomic E-state index is 13.6. The van der Waals surface area contributed by atoms with E-state index < -0.39 is 11.7 Å². The van der Waals surface area contributed by atoms with Gasteiger partial charge in [0.1, 0.15) is 0 Å². The third-order valence-electron chi connectivity index (χ3n) is 8.40. The average molecular weight is 577 g/mol. The van der Waals surface area contributed by atoms with Gasteiger partial charge in [-0.3, -0.25) is 9.78 Å². The molecule has 0 spiro atoms. The van der Waals surface area contributed by atoms with E-state index in [0.717, 1.165) is 66.4 Å². The quantitative estimate of drug-likeness (QED) is 0.277. The number of rotatable bonds is 8. The maximum Gasteiger partial charge on any atom is 0.416 e. The summed E-state index contributed by atoms with van der Waals surface area (Å²) in [4.78, 5) is 22.5. The van der Waals surface area contributed by atoms with Crippen LogP contribution in [0.5, 0.6) is 0 Å². The lowest BCUT2D eigenvalue weighted by Crippen LogP contribution is -2.48. The normalized spacial score (nSPS) is 17.2. The van der Waals surface area contributed by atoms with E-state index in [0.29, 0.717) is 18.2 Å². The van der Waals surface area contributed by atoms with Crippen molar-refractivity contribution in [1.29, 1.82) is 0 Å². The van der Waals surface area contributed by atoms with Crippen LogP contribution in [-0.2, 0) is 17.5 Å². The number of hydrogen-bond donors (Lipinski definition) is 1. The number of benzene rings is 2. The fourth-order valence-electron chi connectivity index (χ4n) is 6.23. The Morgan fingerprint density at radius 2 is 1.55 bits per heavy atom. The molecule has 1 N–H and O–H groups in total. The smallest absolute Gasteiger partial charge is 0.355 e. The van der Waals surface area contributed by atoms with Crippen molar-refractivity contribution in [2.75, 3.05) is 18.4 Å². The molecule has 0 atom stereocenters. The second-order valence-electron chi connectivity index (χ2n) is 11.6. The summed E-state index contributed by atoms with van der Waals surface area (Å²) in [5.41, 5.74) is 4.72. The van der Waals surface area contributed by atoms with Gasteiger partial charge in [0.25, 0.3) is 0 Å². The first-order valence-corrected chi connectivity index (χ1v) is 14.9. The Bertz CT molecular complexity index is 1350. The Labute approximate surface area is 246 Å². The molecule has 42 heavy (non-hydrogen) atoms. The molecule has 1 saturated carbocycles. The Kier molecular flexibility index (Phi) is 9.31. The number of piperidine rings is 1. The Morgan fingerprint density at radius 3 is 2.14 bits per heavy atom. The van der Waals surface area contributed by atoms with Gasteiger partial charge >= 0.3 is 6.18 Å². The van der Waals surface area contributed by atoms with Crippen molar-refractivity contribution in [3.05, 3.63) is 94.8 Å². The lowest BCUT2D eigenvalue weighted by Gasteiger charge is -2.40. The molecule has 222 valence electrons. The molecule has 2 aliphatic rings. The van der Waals surface area contributed by atoms with Gasteiger partial charge in [0.05, 0.1) is 5.56 Å². The zero-order valence-electron chi connectivity index (χ0n) is 24.3. The minimum absolute atomic E-state index is 0.105. The van der Waals surface area contributed by atoms with Gasteiger partial charge in [-0.25, -0.2) is 0 Å². The van der Waals surface area contributed by atoms with Gasteiger partial charge in [0, 0.05) is 60.6 Å². The van der Waals surface area contributed by atoms with Gasteiger partial charge in [0.2, 0.25) is 5.91 Å². The van der Waals surface area contributed by atoms with Crippen LogP contribution in [0.2, 0.25) is 0 Å². The first-order valence-electron chi connectivity index (χ1n) is 14.9. The first-order chi connectivity index (χ1) is 20.1. The highest BCUT2D eigenvalue weighted by atomic mass is 19.4. The molecule has 1 aliphatic heterocycles. The molecular weight excluding hydrogens is 537 g/mol. The molecule has 2 aromatic carbocycles. The highest BCUT2D eigenvalue weighted by molar-refractivity contribution is 5.92. The number of hydrogen-bond acceptors (Lipinski definition) is 4. The molecule has 1 saturated heterocycles. The van der Waals surface area contributed by atoms with Crippen LogP contribution >= 0.6 is 0 Å². The van der Waals surface area contributed by atoms with Crippen molar-refractivity contribution in [1.82, 2.24) is 14.8 Å². The predicted molar refractivity (Wildman–Crippen MR) is 161 cm³/mol. The average Bonchev–Trinajstić information content (AvgIpc) is 3.50. The summed E-state index contributed by atoms with van der Waals surface area (Å²) in [5.74, 6) is -0.126. The number of carbonyl (C=O) groups is 1. The lowest BCUT2D eigenvalue weighted by molar-refractivity contribution is -0.137. The fraction of sp³-hybridized carbons (Fsp3) is 0.412. The van der Waals surface area contributed by atoms with Crippen LogP contribution in [0.1, 0.15) is 66.6 Å². The summed E-state index contributed by atoms with van der Waals surface area (Å²) >= 11 is 0. The number of aryl methyl sites for hydroxylation is 2. The topological polar surface area (TPSA) is 48.5 Å². The van der Waals surface area contributed by atoms with Crippen LogP contribution in [0, 0.1) is 13.8 Å². The van der Waals surface area contributed by atoms with E-state index >= 15 is 0 Å². The molecule has 0 bridgehead atoms. The Hall–Kier alpha value is -3.65. The highest BCUT2D eigenvalue weighted by Crippen LogP contribution is 2.30. The highest BCUT2D eigenvalue weighted by Gasteiger charge is 2.32. The van der Waals surface area contributed by atoms with Gasteiger partial charge in [-0.2, -0.15) is 13.2 Å². The van der Waals surface area contributed by atoms with Gasteiger partial charge in [-0.15, -0.1) is 0 Å². The molecule has 2 fully saturated rings. The van der Waals surface area contributed by atoms with Crippen LogP contribution < -0.4 is 5.32 Å². The third kappa shape index (κ3) is 7.79. The molecule has 1 aliphatic carbocycles. The summed E-state index contributed by atoms with van der Waals surface area (Å²) < 4.78 is 38.9. The Morgan fingerprint density at radius 1 is 0.929 bits per heavy atom. The number of nitrogens with one attached hydrogen (secondary N) is 1. The zero-order chi connectivity index (χ0) is 29.7. The van der Waals surface area contributed by atoms with E-state index in [2.05, 4.69) is 15.2 Å². The number of halogens is 3. The summed E-state index contributed by atoms with van der Waals surface area (Å²) in [6.45, 7) is 6.37. The van der Waals surface area contributed by atoms with Crippen LogP contribution in [0.3, 0.4) is 0 Å². The van der Waals surface area contributed by atoms with E-state index in [-0.39, 0.29) is 11.9 Å². The monoisotopic (exact) mass is 576 g/mol. The van der Waals surface area contributed by atoms with Crippen molar-refractivity contribution in [2.45, 2.75) is 77.2 Å². The van der Waals surface area contributed by atoms with Gasteiger partial charge < -0.3 is 15.1 Å². The van der Waals surface area contributed by atoms with Crippen molar-refractivity contribution in [2.24, 2.45) is 0 Å². The third-order valence-corrected chi connectivity index (χ3v) is 8.40. The molecular formula is C34H39F3N4O. The number of pyridine rings is 1. The number of likely N-dealkylation sites (tertiary alicyclic amines) is 1. The second kappa shape index (κ2) is 13.1. The summed E-state index contributed by atoms with van der Waals surface area (Å²) in [5, 5.41) is 3.43. The van der Waals surface area contributed by atoms with Gasteiger partial charge in [0.15, 0.2) is 0 Å². The number of carbonyl (C=O) groups excluding carboxylic acids is 1. The van der Waals surface area contributed by atoms with Crippen molar-refractivity contribution in [3.8, 4) is 0 Å². The number of anilines is 2. The first kappa shape index (κ1) is 29.8. The molecule has 1 aromatic heterocycles. The number of nitrogens with zero attached hydrogens (tertiary/aromatic N) is 3. The molecule has 0 radical (unpaired) electrons. The van der Waals surface area contributed by atoms with Gasteiger partial charge in [-0.05, 0) is 93.1 Å². The van der Waals surface area contributed by atoms with Crippen molar-refractivity contribution < 1.29 is 18.0 Å². The molecule has 1 amide bonds. The second-order valence-corrected chi connectivity index (χ2v) is 11.6. The molecule has 0 unspecified atom stereocenters. The zero-order valence-corrected chi connectivity index (χ0v) is 24.3. The largest absolute Gasteiger partial charge is 0.416 e. The number of amides is 1. The minimum atomic E-state index is -4.39. The van der Waals surface area contributed by atoms with Gasteiger partial charge in [-0.1, -0.05) is 37.1 Å². The molecule has 2 heterocycles. The molecule has 3 aromatic rings. The minimum Gasteiger partial charge on any atom is -0.355 e. The SMILES string of the molecule is Cc1cc(Nc2ccc(CN(C(=O)C=Cc3ccc(C(F)(F)F)cc3)C3CCN(C4CCCC4)CC3)cc2)cc(C)n1. The van der Waals surface area contributed by atoms with Crippen LogP contribution in [-0.4, -0.2) is 45.9 Å². The van der Waals surface area contributed by atoms with E-state index in [9.17, 15) is 18.0 Å². The standard InChI is InChI=1S/C34H39F3N4O/c1-24-21-30(22-25(2)38-24)39-29-14-9-27(10-15-29)23-41(32-17-19-40(20-18-32)31-5-3-4-6-31)33(42)16-11-26-7-12-28(13-8-26)34(35,36)37/h7-16,21-22,31-32H,3-6,17-20,23H2,1-2H3,(H,38,39). The summed E-state index contributed by atoms with van der Waals surface area (Å²) in [6.07, 6.45) is 5.68. The van der Waals surface area contributed by atoms with Crippen LogP contribution in [0.15, 0.2) is 66.7 Å². The van der Waals surface area contributed by atoms with Crippen LogP contribution in [0.25, 0.3) is 6.08 Å². The van der Waals surface area contributed by atoms with Crippen molar-refractivity contribution >= 4 is 23.4 Å². The van der Waals surface area contributed by atoms with E-state index in [1.807, 2.05) is 55.1 Å². The van der Waals surface area contributed by atoms with E-state index in [4.69, 9.17) is 0 Å².